The van der Waals surface area contributed by atoms with E-state index in [9.17, 15) is 8.42 Å². The van der Waals surface area contributed by atoms with Gasteiger partial charge in [0.2, 0.25) is 10.0 Å². The summed E-state index contributed by atoms with van der Waals surface area (Å²) in [4.78, 5) is 0.228. The van der Waals surface area contributed by atoms with E-state index in [2.05, 4.69) is 32.5 Å². The molecule has 16 heavy (non-hydrogen) atoms. The van der Waals surface area contributed by atoms with Crippen LogP contribution < -0.4 is 10.0 Å². The van der Waals surface area contributed by atoms with Gasteiger partial charge in [-0.3, -0.25) is 0 Å². The molecule has 0 atom stereocenters. The van der Waals surface area contributed by atoms with Crippen molar-refractivity contribution in [1.82, 2.24) is 4.72 Å². The van der Waals surface area contributed by atoms with Gasteiger partial charge < -0.3 is 5.32 Å². The lowest BCUT2D eigenvalue weighted by Crippen LogP contribution is -2.20. The highest BCUT2D eigenvalue weighted by molar-refractivity contribution is 9.11. The third-order valence-electron chi connectivity index (χ3n) is 1.92. The minimum atomic E-state index is -3.43. The molecule has 0 aliphatic carbocycles. The van der Waals surface area contributed by atoms with Gasteiger partial charge in [0, 0.05) is 11.0 Å². The van der Waals surface area contributed by atoms with Gasteiger partial charge in [-0.25, -0.2) is 13.1 Å². The van der Waals surface area contributed by atoms with Gasteiger partial charge in [0.1, 0.15) is 4.90 Å². The predicted molar refractivity (Wildman–Crippen MR) is 69.2 cm³/mol. The predicted octanol–water partition coefficient (Wildman–Crippen LogP) is 1.92. The molecule has 0 fully saturated rings. The molecule has 0 heterocycles. The van der Waals surface area contributed by atoms with Gasteiger partial charge in [0.25, 0.3) is 0 Å². The molecule has 0 saturated heterocycles. The van der Waals surface area contributed by atoms with Crippen LogP contribution in [0.1, 0.15) is 0 Å². The van der Waals surface area contributed by atoms with Crippen molar-refractivity contribution in [1.29, 1.82) is 0 Å². The van der Waals surface area contributed by atoms with E-state index in [4.69, 9.17) is 0 Å². The largest absolute Gasteiger partial charge is 0.379 e. The normalized spacial score (nSPS) is 11.1. The van der Waals surface area contributed by atoms with Crippen LogP contribution in [0.3, 0.4) is 0 Å². The van der Waals surface area contributed by atoms with Crippen molar-refractivity contribution >= 4 is 31.6 Å². The van der Waals surface area contributed by atoms with E-state index < -0.39 is 10.0 Å². The second-order valence-corrected chi connectivity index (χ2v) is 6.05. The Morgan fingerprint density at radius 3 is 2.62 bits per heavy atom. The number of rotatable bonds is 5. The second kappa shape index (κ2) is 5.47. The summed E-state index contributed by atoms with van der Waals surface area (Å²) >= 11 is 3.20. The minimum absolute atomic E-state index is 0.228. The summed E-state index contributed by atoms with van der Waals surface area (Å²) in [6.45, 7) is 4.14. The Morgan fingerprint density at radius 1 is 1.44 bits per heavy atom. The molecule has 1 rings (SSSR count). The van der Waals surface area contributed by atoms with Crippen molar-refractivity contribution in [2.75, 3.05) is 18.9 Å². The lowest BCUT2D eigenvalue weighted by molar-refractivity contribution is 0.588. The third kappa shape index (κ3) is 3.33. The zero-order valence-electron chi connectivity index (χ0n) is 8.83. The van der Waals surface area contributed by atoms with Crippen LogP contribution in [-0.4, -0.2) is 22.0 Å². The SMILES string of the molecule is C=C(Br)CNc1ccccc1S(=O)(=O)NC. The Balaban J connectivity index is 3.06. The first-order valence-corrected chi connectivity index (χ1v) is 6.84. The van der Waals surface area contributed by atoms with Crippen LogP contribution in [0.4, 0.5) is 5.69 Å². The van der Waals surface area contributed by atoms with Crippen LogP contribution in [0.25, 0.3) is 0 Å². The Morgan fingerprint density at radius 2 is 2.06 bits per heavy atom. The molecule has 4 nitrogen and oxygen atoms in total. The number of hydrogen-bond donors (Lipinski definition) is 2. The topological polar surface area (TPSA) is 58.2 Å². The Kier molecular flexibility index (Phi) is 4.52. The molecule has 0 aromatic heterocycles. The molecule has 6 heteroatoms. The molecule has 0 amide bonds. The molecule has 0 saturated carbocycles. The van der Waals surface area contributed by atoms with Crippen molar-refractivity contribution in [2.45, 2.75) is 4.90 Å². The lowest BCUT2D eigenvalue weighted by Gasteiger charge is -2.11. The van der Waals surface area contributed by atoms with E-state index in [0.717, 1.165) is 4.48 Å². The molecule has 0 radical (unpaired) electrons. The quantitative estimate of drug-likeness (QED) is 0.874. The summed E-state index contributed by atoms with van der Waals surface area (Å²) in [7, 11) is -2.05. The summed E-state index contributed by atoms with van der Waals surface area (Å²) in [6, 6.07) is 6.71. The zero-order chi connectivity index (χ0) is 12.2. The number of nitrogens with one attached hydrogen (secondary N) is 2. The number of para-hydroxylation sites is 1. The average molecular weight is 305 g/mol. The fourth-order valence-corrected chi connectivity index (χ4v) is 2.20. The van der Waals surface area contributed by atoms with Crippen molar-refractivity contribution < 1.29 is 8.42 Å². The zero-order valence-corrected chi connectivity index (χ0v) is 11.2. The van der Waals surface area contributed by atoms with Crippen molar-refractivity contribution in [3.63, 3.8) is 0 Å². The van der Waals surface area contributed by atoms with Crippen LogP contribution in [0.15, 0.2) is 40.2 Å². The van der Waals surface area contributed by atoms with Gasteiger partial charge in [-0.1, -0.05) is 34.6 Å². The third-order valence-corrected chi connectivity index (χ3v) is 3.67. The maximum absolute atomic E-state index is 11.7. The molecular weight excluding hydrogens is 292 g/mol. The molecule has 0 spiro atoms. The molecule has 88 valence electrons. The summed E-state index contributed by atoms with van der Waals surface area (Å²) in [5.74, 6) is 0. The van der Waals surface area contributed by atoms with E-state index in [1.165, 1.54) is 7.05 Å². The monoisotopic (exact) mass is 304 g/mol. The maximum Gasteiger partial charge on any atom is 0.242 e. The first-order valence-electron chi connectivity index (χ1n) is 4.57. The molecular formula is C10H13BrN2O2S. The number of anilines is 1. The fraction of sp³-hybridized carbons (Fsp3) is 0.200. The van der Waals surface area contributed by atoms with E-state index in [0.29, 0.717) is 12.2 Å². The standard InChI is InChI=1S/C10H13BrN2O2S/c1-8(11)7-13-9-5-3-4-6-10(9)16(14,15)12-2/h3-6,12-13H,1,7H2,2H3. The summed E-state index contributed by atoms with van der Waals surface area (Å²) in [5, 5.41) is 2.99. The minimum Gasteiger partial charge on any atom is -0.379 e. The van der Waals surface area contributed by atoms with Crippen molar-refractivity contribution in [2.24, 2.45) is 0 Å². The average Bonchev–Trinajstić information content (AvgIpc) is 2.26. The first-order chi connectivity index (χ1) is 7.47. The molecule has 0 aliphatic rings. The maximum atomic E-state index is 11.7. The van der Waals surface area contributed by atoms with Gasteiger partial charge in [-0.2, -0.15) is 0 Å². The van der Waals surface area contributed by atoms with E-state index in [-0.39, 0.29) is 4.90 Å². The van der Waals surface area contributed by atoms with E-state index in [1.807, 2.05) is 0 Å². The molecule has 1 aromatic carbocycles. The van der Waals surface area contributed by atoms with Crippen molar-refractivity contribution in [3.05, 3.63) is 35.3 Å². The van der Waals surface area contributed by atoms with Gasteiger partial charge >= 0.3 is 0 Å². The Labute approximate surface area is 104 Å². The van der Waals surface area contributed by atoms with Crippen LogP contribution in [0.5, 0.6) is 0 Å². The van der Waals surface area contributed by atoms with Gasteiger partial charge in [0.05, 0.1) is 5.69 Å². The molecule has 0 aliphatic heterocycles. The molecule has 1 aromatic rings. The van der Waals surface area contributed by atoms with Crippen LogP contribution in [0.2, 0.25) is 0 Å². The van der Waals surface area contributed by atoms with E-state index in [1.54, 1.807) is 24.3 Å². The van der Waals surface area contributed by atoms with Crippen LogP contribution in [-0.2, 0) is 10.0 Å². The van der Waals surface area contributed by atoms with Crippen LogP contribution >= 0.6 is 15.9 Å². The highest BCUT2D eigenvalue weighted by Gasteiger charge is 2.15. The lowest BCUT2D eigenvalue weighted by atomic mass is 10.3. The molecule has 0 bridgehead atoms. The number of sulfonamides is 1. The highest BCUT2D eigenvalue weighted by atomic mass is 79.9. The molecule has 0 unspecified atom stereocenters. The number of halogens is 1. The van der Waals surface area contributed by atoms with E-state index >= 15 is 0 Å². The molecule has 2 N–H and O–H groups in total. The number of hydrogen-bond acceptors (Lipinski definition) is 3. The summed E-state index contributed by atoms with van der Waals surface area (Å²) in [6.07, 6.45) is 0. The fourth-order valence-electron chi connectivity index (χ4n) is 1.15. The van der Waals surface area contributed by atoms with Gasteiger partial charge in [-0.15, -0.1) is 0 Å². The summed E-state index contributed by atoms with van der Waals surface area (Å²) < 4.78 is 26.4. The second-order valence-electron chi connectivity index (χ2n) is 3.07. The van der Waals surface area contributed by atoms with Crippen molar-refractivity contribution in [3.8, 4) is 0 Å². The van der Waals surface area contributed by atoms with Gasteiger partial charge in [0.15, 0.2) is 0 Å². The Hall–Kier alpha value is -0.850. The smallest absolute Gasteiger partial charge is 0.242 e. The first kappa shape index (κ1) is 13.2. The van der Waals surface area contributed by atoms with Crippen LogP contribution in [0, 0.1) is 0 Å². The number of benzene rings is 1. The highest BCUT2D eigenvalue weighted by Crippen LogP contribution is 2.20. The van der Waals surface area contributed by atoms with Gasteiger partial charge in [-0.05, 0) is 19.2 Å². The summed E-state index contributed by atoms with van der Waals surface area (Å²) in [5.41, 5.74) is 0.553. The Bertz CT molecular complexity index is 485.